The SMILES string of the molecule is N#Cc1ccc(N2C[C@@H]3C(NCC(=O)N4CCSC4)[C@@H]3C2)nc1. The summed E-state index contributed by atoms with van der Waals surface area (Å²) in [5.74, 6) is 4.32. The number of pyridine rings is 1. The van der Waals surface area contributed by atoms with E-state index in [4.69, 9.17) is 5.26 Å². The molecule has 3 heterocycles. The Morgan fingerprint density at radius 1 is 1.43 bits per heavy atom. The summed E-state index contributed by atoms with van der Waals surface area (Å²) in [6.45, 7) is 3.32. The number of nitrogens with one attached hydrogen (secondary N) is 1. The highest BCUT2D eigenvalue weighted by atomic mass is 32.2. The Kier molecular flexibility index (Phi) is 3.87. The normalized spacial score (nSPS) is 28.6. The van der Waals surface area contributed by atoms with E-state index in [1.54, 1.807) is 6.20 Å². The molecule has 23 heavy (non-hydrogen) atoms. The zero-order valence-electron chi connectivity index (χ0n) is 12.8. The largest absolute Gasteiger partial charge is 0.356 e. The van der Waals surface area contributed by atoms with Crippen LogP contribution in [0.3, 0.4) is 0 Å². The minimum Gasteiger partial charge on any atom is -0.356 e. The van der Waals surface area contributed by atoms with Crippen molar-refractivity contribution in [1.82, 2.24) is 15.2 Å². The second-order valence-corrected chi connectivity index (χ2v) is 7.43. The molecule has 120 valence electrons. The Balaban J connectivity index is 1.25. The number of aromatic nitrogens is 1. The first-order chi connectivity index (χ1) is 11.3. The van der Waals surface area contributed by atoms with Crippen molar-refractivity contribution in [2.24, 2.45) is 11.8 Å². The standard InChI is InChI=1S/C16H19N5OS/c17-5-11-1-2-14(18-6-11)21-8-12-13(9-21)16(12)19-7-15(22)20-3-4-23-10-20/h1-2,6,12-13,16,19H,3-4,7-10H2/t12-,13+,16?. The van der Waals surface area contributed by atoms with Gasteiger partial charge in [-0.1, -0.05) is 0 Å². The first-order valence-corrected chi connectivity index (χ1v) is 9.12. The number of carbonyl (C=O) groups is 1. The number of rotatable bonds is 4. The minimum absolute atomic E-state index is 0.227. The van der Waals surface area contributed by atoms with Gasteiger partial charge in [-0.05, 0) is 24.0 Å². The molecule has 1 unspecified atom stereocenters. The fourth-order valence-corrected chi connectivity index (χ4v) is 4.56. The number of anilines is 1. The molecule has 4 rings (SSSR count). The molecule has 7 heteroatoms. The van der Waals surface area contributed by atoms with E-state index < -0.39 is 0 Å². The highest BCUT2D eigenvalue weighted by Crippen LogP contribution is 2.46. The molecule has 0 aromatic carbocycles. The van der Waals surface area contributed by atoms with Crippen molar-refractivity contribution < 1.29 is 4.79 Å². The van der Waals surface area contributed by atoms with Crippen LogP contribution in [0.25, 0.3) is 0 Å². The lowest BCUT2D eigenvalue weighted by Gasteiger charge is -2.21. The molecule has 1 amide bonds. The van der Waals surface area contributed by atoms with Gasteiger partial charge in [0, 0.05) is 37.6 Å². The van der Waals surface area contributed by atoms with E-state index in [0.29, 0.717) is 30.0 Å². The summed E-state index contributed by atoms with van der Waals surface area (Å²) in [6, 6.07) is 6.30. The number of nitrogens with zero attached hydrogens (tertiary/aromatic N) is 4. The van der Waals surface area contributed by atoms with E-state index in [1.165, 1.54) is 0 Å². The van der Waals surface area contributed by atoms with Crippen molar-refractivity contribution >= 4 is 23.5 Å². The Morgan fingerprint density at radius 3 is 2.87 bits per heavy atom. The monoisotopic (exact) mass is 329 g/mol. The maximum Gasteiger partial charge on any atom is 0.237 e. The van der Waals surface area contributed by atoms with Gasteiger partial charge in [-0.25, -0.2) is 4.98 Å². The van der Waals surface area contributed by atoms with Crippen molar-refractivity contribution in [3.05, 3.63) is 23.9 Å². The van der Waals surface area contributed by atoms with Crippen LogP contribution in [-0.4, -0.2) is 59.6 Å². The molecular formula is C16H19N5OS. The van der Waals surface area contributed by atoms with Crippen LogP contribution in [-0.2, 0) is 4.79 Å². The lowest BCUT2D eigenvalue weighted by molar-refractivity contribution is -0.128. The number of thioether (sulfide) groups is 1. The van der Waals surface area contributed by atoms with Crippen LogP contribution >= 0.6 is 11.8 Å². The second-order valence-electron chi connectivity index (χ2n) is 6.35. The van der Waals surface area contributed by atoms with Crippen molar-refractivity contribution in [3.63, 3.8) is 0 Å². The molecular weight excluding hydrogens is 310 g/mol. The van der Waals surface area contributed by atoms with Gasteiger partial charge < -0.3 is 15.1 Å². The zero-order valence-corrected chi connectivity index (χ0v) is 13.6. The number of hydrogen-bond donors (Lipinski definition) is 1. The zero-order chi connectivity index (χ0) is 15.8. The highest BCUT2D eigenvalue weighted by Gasteiger charge is 2.55. The predicted octanol–water partition coefficient (Wildman–Crippen LogP) is 0.510. The van der Waals surface area contributed by atoms with Crippen molar-refractivity contribution in [2.45, 2.75) is 6.04 Å². The number of fused-ring (bicyclic) bond motifs is 1. The number of piperidine rings is 1. The lowest BCUT2D eigenvalue weighted by Crippen LogP contribution is -2.39. The molecule has 0 spiro atoms. The molecule has 3 aliphatic rings. The molecule has 6 nitrogen and oxygen atoms in total. The molecule has 1 aromatic heterocycles. The van der Waals surface area contributed by atoms with Gasteiger partial charge in [0.25, 0.3) is 0 Å². The van der Waals surface area contributed by atoms with Gasteiger partial charge in [-0.3, -0.25) is 4.79 Å². The van der Waals surface area contributed by atoms with Gasteiger partial charge >= 0.3 is 0 Å². The molecule has 1 N–H and O–H groups in total. The number of nitriles is 1. The average molecular weight is 329 g/mol. The van der Waals surface area contributed by atoms with Crippen molar-refractivity contribution in [2.75, 3.05) is 42.7 Å². The van der Waals surface area contributed by atoms with Gasteiger partial charge in [0.1, 0.15) is 11.9 Å². The van der Waals surface area contributed by atoms with E-state index >= 15 is 0 Å². The highest BCUT2D eigenvalue weighted by molar-refractivity contribution is 7.99. The number of amides is 1. The van der Waals surface area contributed by atoms with Crippen LogP contribution < -0.4 is 10.2 Å². The quantitative estimate of drug-likeness (QED) is 0.868. The Hall–Kier alpha value is -1.78. The maximum absolute atomic E-state index is 12.0. The molecule has 1 saturated carbocycles. The number of hydrogen-bond acceptors (Lipinski definition) is 6. The average Bonchev–Trinajstić information content (AvgIpc) is 3.02. The summed E-state index contributed by atoms with van der Waals surface area (Å²) in [5, 5.41) is 12.3. The van der Waals surface area contributed by atoms with Crippen molar-refractivity contribution in [1.29, 1.82) is 5.26 Å². The maximum atomic E-state index is 12.0. The number of carbonyl (C=O) groups excluding carboxylic acids is 1. The summed E-state index contributed by atoms with van der Waals surface area (Å²) in [4.78, 5) is 20.6. The van der Waals surface area contributed by atoms with Gasteiger partial charge in [0.05, 0.1) is 18.0 Å². The second kappa shape index (κ2) is 6.02. The van der Waals surface area contributed by atoms with Crippen LogP contribution in [0.2, 0.25) is 0 Å². The first-order valence-electron chi connectivity index (χ1n) is 7.96. The van der Waals surface area contributed by atoms with Gasteiger partial charge in [0.2, 0.25) is 5.91 Å². The van der Waals surface area contributed by atoms with Gasteiger partial charge in [-0.2, -0.15) is 5.26 Å². The first kappa shape index (κ1) is 14.8. The summed E-state index contributed by atoms with van der Waals surface area (Å²) < 4.78 is 0. The molecule has 0 bridgehead atoms. The van der Waals surface area contributed by atoms with Crippen LogP contribution in [0.15, 0.2) is 18.3 Å². The Bertz CT molecular complexity index is 625. The molecule has 2 aliphatic heterocycles. The van der Waals surface area contributed by atoms with Gasteiger partial charge in [-0.15, -0.1) is 11.8 Å². The van der Waals surface area contributed by atoms with Crippen LogP contribution in [0, 0.1) is 23.2 Å². The molecule has 3 atom stereocenters. The van der Waals surface area contributed by atoms with Crippen LogP contribution in [0.1, 0.15) is 5.56 Å². The third-order valence-electron chi connectivity index (χ3n) is 4.99. The summed E-state index contributed by atoms with van der Waals surface area (Å²) in [7, 11) is 0. The Morgan fingerprint density at radius 2 is 2.26 bits per heavy atom. The predicted molar refractivity (Wildman–Crippen MR) is 89.0 cm³/mol. The Labute approximate surface area is 139 Å². The fourth-order valence-electron chi connectivity index (χ4n) is 3.58. The molecule has 3 fully saturated rings. The third-order valence-corrected chi connectivity index (χ3v) is 5.95. The van der Waals surface area contributed by atoms with E-state index in [9.17, 15) is 4.79 Å². The van der Waals surface area contributed by atoms with Crippen molar-refractivity contribution in [3.8, 4) is 6.07 Å². The molecule has 2 saturated heterocycles. The van der Waals surface area contributed by atoms with Gasteiger partial charge in [0.15, 0.2) is 0 Å². The van der Waals surface area contributed by atoms with Crippen LogP contribution in [0.5, 0.6) is 0 Å². The third kappa shape index (κ3) is 2.89. The summed E-state index contributed by atoms with van der Waals surface area (Å²) in [5.41, 5.74) is 0.594. The minimum atomic E-state index is 0.227. The molecule has 0 radical (unpaired) electrons. The topological polar surface area (TPSA) is 72.3 Å². The summed E-state index contributed by atoms with van der Waals surface area (Å²) >= 11 is 1.82. The summed E-state index contributed by atoms with van der Waals surface area (Å²) in [6.07, 6.45) is 1.63. The molecule has 1 aliphatic carbocycles. The van der Waals surface area contributed by atoms with Crippen LogP contribution in [0.4, 0.5) is 5.82 Å². The smallest absolute Gasteiger partial charge is 0.237 e. The van der Waals surface area contributed by atoms with E-state index in [1.807, 2.05) is 28.8 Å². The van der Waals surface area contributed by atoms with E-state index in [0.717, 1.165) is 37.1 Å². The fraction of sp³-hybridized carbons (Fsp3) is 0.562. The van der Waals surface area contributed by atoms with E-state index in [2.05, 4.69) is 21.3 Å². The lowest BCUT2D eigenvalue weighted by atomic mass is 10.3. The van der Waals surface area contributed by atoms with E-state index in [-0.39, 0.29) is 5.91 Å². The molecule has 1 aromatic rings.